The maximum Gasteiger partial charge on any atom is 0.280 e. The van der Waals surface area contributed by atoms with Crippen molar-refractivity contribution in [1.29, 1.82) is 0 Å². The second kappa shape index (κ2) is 7.87. The van der Waals surface area contributed by atoms with Gasteiger partial charge in [0, 0.05) is 32.3 Å². The summed E-state index contributed by atoms with van der Waals surface area (Å²) in [6.07, 6.45) is 2.91. The minimum Gasteiger partial charge on any atom is -0.383 e. The van der Waals surface area contributed by atoms with Gasteiger partial charge in [0.1, 0.15) is 0 Å². The van der Waals surface area contributed by atoms with E-state index in [1.165, 1.54) is 0 Å². The summed E-state index contributed by atoms with van der Waals surface area (Å²) in [7, 11) is -1.92. The molecule has 0 radical (unpaired) electrons. The normalized spacial score (nSPS) is 21.9. The Morgan fingerprint density at radius 3 is 2.57 bits per heavy atom. The topological polar surface area (TPSA) is 70.7 Å². The average molecular weight is 321 g/mol. The molecule has 7 heteroatoms. The van der Waals surface area contributed by atoms with Crippen LogP contribution in [0.5, 0.6) is 0 Å². The Labute approximate surface area is 129 Å². The van der Waals surface area contributed by atoms with Crippen LogP contribution >= 0.6 is 0 Å². The summed E-state index contributed by atoms with van der Waals surface area (Å²) in [5.74, 6) is 0. The molecule has 0 amide bonds. The van der Waals surface area contributed by atoms with E-state index < -0.39 is 15.7 Å². The zero-order chi connectivity index (χ0) is 16.1. The number of hydrogen-bond acceptors (Lipinski definition) is 4. The largest absolute Gasteiger partial charge is 0.383 e. The fraction of sp³-hybridized carbons (Fsp3) is 1.00. The quantitative estimate of drug-likeness (QED) is 0.702. The predicted molar refractivity (Wildman–Crippen MR) is 85.5 cm³/mol. The molecule has 126 valence electrons. The van der Waals surface area contributed by atoms with Gasteiger partial charge in [-0.25, -0.2) is 0 Å². The lowest BCUT2D eigenvalue weighted by Crippen LogP contribution is -2.57. The fourth-order valence-corrected chi connectivity index (χ4v) is 4.48. The zero-order valence-electron chi connectivity index (χ0n) is 14.0. The third-order valence-corrected chi connectivity index (χ3v) is 5.46. The smallest absolute Gasteiger partial charge is 0.280 e. The fourth-order valence-electron chi connectivity index (χ4n) is 2.66. The molecule has 2 N–H and O–H groups in total. The molecular formula is C14H31N3O3S. The molecule has 0 aliphatic carbocycles. The summed E-state index contributed by atoms with van der Waals surface area (Å²) in [5.41, 5.74) is -0.610. The molecule has 0 saturated carbocycles. The van der Waals surface area contributed by atoms with Crippen LogP contribution in [0.4, 0.5) is 0 Å². The van der Waals surface area contributed by atoms with Gasteiger partial charge in [0.15, 0.2) is 0 Å². The highest BCUT2D eigenvalue weighted by Gasteiger charge is 2.35. The number of methoxy groups -OCH3 is 1. The third kappa shape index (κ3) is 6.20. The molecule has 1 heterocycles. The van der Waals surface area contributed by atoms with Gasteiger partial charge in [-0.2, -0.15) is 17.4 Å². The van der Waals surface area contributed by atoms with Crippen molar-refractivity contribution < 1.29 is 13.2 Å². The summed E-state index contributed by atoms with van der Waals surface area (Å²) < 4.78 is 34.8. The summed E-state index contributed by atoms with van der Waals surface area (Å²) >= 11 is 0. The summed E-state index contributed by atoms with van der Waals surface area (Å²) in [6.45, 7) is 9.43. The van der Waals surface area contributed by atoms with Crippen molar-refractivity contribution in [3.63, 3.8) is 0 Å². The first kappa shape index (κ1) is 18.8. The summed E-state index contributed by atoms with van der Waals surface area (Å²) in [4.78, 5) is 0. The maximum absolute atomic E-state index is 12.7. The molecule has 0 aromatic heterocycles. The van der Waals surface area contributed by atoms with E-state index in [-0.39, 0.29) is 6.04 Å². The zero-order valence-corrected chi connectivity index (χ0v) is 14.8. The molecule has 1 aliphatic heterocycles. The van der Waals surface area contributed by atoms with E-state index in [9.17, 15) is 8.42 Å². The number of rotatable bonds is 8. The van der Waals surface area contributed by atoms with Crippen molar-refractivity contribution in [3.8, 4) is 0 Å². The highest BCUT2D eigenvalue weighted by Crippen LogP contribution is 2.21. The number of nitrogens with one attached hydrogen (secondary N) is 2. The molecule has 6 nitrogen and oxygen atoms in total. The van der Waals surface area contributed by atoms with Crippen molar-refractivity contribution in [2.24, 2.45) is 0 Å². The SMILES string of the molecule is COCC(C)(C)NS(=O)(=O)N1CCCCC1CNC(C)C. The molecular weight excluding hydrogens is 290 g/mol. The predicted octanol–water partition coefficient (Wildman–Crippen LogP) is 1.10. The third-order valence-electron chi connectivity index (χ3n) is 3.55. The van der Waals surface area contributed by atoms with Gasteiger partial charge in [0.2, 0.25) is 0 Å². The van der Waals surface area contributed by atoms with Crippen LogP contribution in [-0.4, -0.2) is 57.2 Å². The monoisotopic (exact) mass is 321 g/mol. The lowest BCUT2D eigenvalue weighted by atomic mass is 10.0. The second-order valence-electron chi connectivity index (χ2n) is 6.75. The highest BCUT2D eigenvalue weighted by molar-refractivity contribution is 7.87. The van der Waals surface area contributed by atoms with Crippen molar-refractivity contribution in [2.45, 2.75) is 64.6 Å². The Balaban J connectivity index is 2.77. The molecule has 1 fully saturated rings. The molecule has 1 atom stereocenters. The number of piperidine rings is 1. The van der Waals surface area contributed by atoms with E-state index in [1.54, 1.807) is 11.4 Å². The lowest BCUT2D eigenvalue weighted by molar-refractivity contribution is 0.138. The molecule has 0 spiro atoms. The van der Waals surface area contributed by atoms with E-state index in [0.29, 0.717) is 25.7 Å². The highest BCUT2D eigenvalue weighted by atomic mass is 32.2. The minimum atomic E-state index is -3.50. The van der Waals surface area contributed by atoms with Crippen LogP contribution in [0.15, 0.2) is 0 Å². The maximum atomic E-state index is 12.7. The van der Waals surface area contributed by atoms with Crippen LogP contribution in [0.3, 0.4) is 0 Å². The van der Waals surface area contributed by atoms with E-state index >= 15 is 0 Å². The van der Waals surface area contributed by atoms with Crippen LogP contribution in [0.25, 0.3) is 0 Å². The van der Waals surface area contributed by atoms with Gasteiger partial charge in [-0.05, 0) is 26.7 Å². The van der Waals surface area contributed by atoms with Crippen LogP contribution in [0.2, 0.25) is 0 Å². The van der Waals surface area contributed by atoms with Gasteiger partial charge in [-0.15, -0.1) is 0 Å². The Hall–Kier alpha value is -0.210. The molecule has 0 bridgehead atoms. The molecule has 1 saturated heterocycles. The first-order valence-electron chi connectivity index (χ1n) is 7.71. The minimum absolute atomic E-state index is 0.0250. The van der Waals surface area contributed by atoms with Crippen molar-refractivity contribution in [1.82, 2.24) is 14.3 Å². The standard InChI is InChI=1S/C14H31N3O3S/c1-12(2)15-10-13-8-6-7-9-17(13)21(18,19)16-14(3,4)11-20-5/h12-13,15-16H,6-11H2,1-5H3. The van der Waals surface area contributed by atoms with Crippen LogP contribution in [0.1, 0.15) is 47.0 Å². The van der Waals surface area contributed by atoms with E-state index in [1.807, 2.05) is 13.8 Å². The van der Waals surface area contributed by atoms with Gasteiger partial charge in [-0.1, -0.05) is 20.3 Å². The summed E-state index contributed by atoms with van der Waals surface area (Å²) in [5, 5.41) is 3.35. The van der Waals surface area contributed by atoms with Gasteiger partial charge in [0.05, 0.1) is 12.1 Å². The van der Waals surface area contributed by atoms with Gasteiger partial charge in [0.25, 0.3) is 10.2 Å². The van der Waals surface area contributed by atoms with Crippen LogP contribution in [0, 0.1) is 0 Å². The first-order valence-corrected chi connectivity index (χ1v) is 9.15. The van der Waals surface area contributed by atoms with Gasteiger partial charge in [-0.3, -0.25) is 0 Å². The average Bonchev–Trinajstić information content (AvgIpc) is 2.35. The molecule has 1 rings (SSSR count). The number of ether oxygens (including phenoxy) is 1. The molecule has 1 unspecified atom stereocenters. The molecule has 0 aromatic rings. The second-order valence-corrected chi connectivity index (χ2v) is 8.37. The Morgan fingerprint density at radius 2 is 2.00 bits per heavy atom. The van der Waals surface area contributed by atoms with Gasteiger partial charge < -0.3 is 10.1 Å². The molecule has 1 aliphatic rings. The van der Waals surface area contributed by atoms with E-state index in [4.69, 9.17) is 4.74 Å². The first-order chi connectivity index (χ1) is 9.68. The van der Waals surface area contributed by atoms with Crippen molar-refractivity contribution >= 4 is 10.2 Å². The van der Waals surface area contributed by atoms with Gasteiger partial charge >= 0.3 is 0 Å². The lowest BCUT2D eigenvalue weighted by Gasteiger charge is -2.37. The van der Waals surface area contributed by atoms with Crippen molar-refractivity contribution in [3.05, 3.63) is 0 Å². The Morgan fingerprint density at radius 1 is 1.33 bits per heavy atom. The van der Waals surface area contributed by atoms with Crippen molar-refractivity contribution in [2.75, 3.05) is 26.8 Å². The molecule has 0 aromatic carbocycles. The Kier molecular flexibility index (Phi) is 7.06. The van der Waals surface area contributed by atoms with E-state index in [0.717, 1.165) is 19.3 Å². The summed E-state index contributed by atoms with van der Waals surface area (Å²) in [6, 6.07) is 0.381. The number of nitrogens with zero attached hydrogens (tertiary/aromatic N) is 1. The molecule has 21 heavy (non-hydrogen) atoms. The van der Waals surface area contributed by atoms with Crippen LogP contribution < -0.4 is 10.0 Å². The van der Waals surface area contributed by atoms with Crippen LogP contribution in [-0.2, 0) is 14.9 Å². The Bertz CT molecular complexity index is 410. The number of hydrogen-bond donors (Lipinski definition) is 2. The van der Waals surface area contributed by atoms with E-state index in [2.05, 4.69) is 23.9 Å².